The summed E-state index contributed by atoms with van der Waals surface area (Å²) in [6.07, 6.45) is 1.17. The Balaban J connectivity index is 2.62. The molecular formula is C12H10ClN3. The number of nitrogens with one attached hydrogen (secondary N) is 1. The van der Waals surface area contributed by atoms with Crippen molar-refractivity contribution in [1.29, 1.82) is 5.41 Å². The van der Waals surface area contributed by atoms with Crippen LogP contribution in [0.3, 0.4) is 0 Å². The van der Waals surface area contributed by atoms with Gasteiger partial charge in [0.2, 0.25) is 0 Å². The van der Waals surface area contributed by atoms with Crippen LogP contribution in [0.4, 0.5) is 5.82 Å². The number of aromatic nitrogens is 1. The monoisotopic (exact) mass is 231 g/mol. The molecule has 0 saturated heterocycles. The molecule has 0 atom stereocenters. The minimum atomic E-state index is 0.277. The molecule has 0 aliphatic heterocycles. The average Bonchev–Trinajstić information content (AvgIpc) is 2.30. The average molecular weight is 232 g/mol. The highest BCUT2D eigenvalue weighted by Gasteiger charge is 2.08. The Morgan fingerprint density at radius 3 is 2.56 bits per heavy atom. The molecule has 3 N–H and O–H groups in total. The predicted octanol–water partition coefficient (Wildman–Crippen LogP) is 2.98. The van der Waals surface area contributed by atoms with E-state index in [1.807, 2.05) is 30.3 Å². The summed E-state index contributed by atoms with van der Waals surface area (Å²) < 4.78 is 0. The van der Waals surface area contributed by atoms with Crippen molar-refractivity contribution in [1.82, 2.24) is 4.98 Å². The number of benzene rings is 1. The van der Waals surface area contributed by atoms with Crippen LogP contribution < -0.4 is 5.73 Å². The van der Waals surface area contributed by atoms with Crippen LogP contribution in [0.2, 0.25) is 5.15 Å². The van der Waals surface area contributed by atoms with Gasteiger partial charge in [-0.15, -0.1) is 0 Å². The first-order valence-corrected chi connectivity index (χ1v) is 5.12. The fourth-order valence-electron chi connectivity index (χ4n) is 1.46. The normalized spacial score (nSPS) is 10.1. The first-order chi connectivity index (χ1) is 7.72. The number of rotatable bonds is 2. The van der Waals surface area contributed by atoms with Gasteiger partial charge in [-0.05, 0) is 11.6 Å². The Kier molecular flexibility index (Phi) is 2.88. The number of nitrogen functional groups attached to an aromatic ring is 1. The highest BCUT2D eigenvalue weighted by Crippen LogP contribution is 2.28. The van der Waals surface area contributed by atoms with Gasteiger partial charge in [0.05, 0.1) is 0 Å². The fraction of sp³-hybridized carbons (Fsp3) is 0. The van der Waals surface area contributed by atoms with Gasteiger partial charge in [-0.25, -0.2) is 4.98 Å². The van der Waals surface area contributed by atoms with Gasteiger partial charge in [0, 0.05) is 17.3 Å². The highest BCUT2D eigenvalue weighted by molar-refractivity contribution is 6.32. The summed E-state index contributed by atoms with van der Waals surface area (Å²) in [6, 6.07) is 11.4. The van der Waals surface area contributed by atoms with E-state index in [4.69, 9.17) is 22.7 Å². The van der Waals surface area contributed by atoms with Gasteiger partial charge >= 0.3 is 0 Å². The number of nitrogens with two attached hydrogens (primary N) is 1. The van der Waals surface area contributed by atoms with E-state index in [-0.39, 0.29) is 5.82 Å². The Bertz CT molecular complexity index is 523. The molecule has 0 bridgehead atoms. The fourth-order valence-corrected chi connectivity index (χ4v) is 1.71. The van der Waals surface area contributed by atoms with Gasteiger partial charge in [-0.3, -0.25) is 0 Å². The van der Waals surface area contributed by atoms with Crippen molar-refractivity contribution in [3.05, 3.63) is 47.1 Å². The van der Waals surface area contributed by atoms with E-state index >= 15 is 0 Å². The lowest BCUT2D eigenvalue weighted by Crippen LogP contribution is -1.98. The molecule has 0 amide bonds. The standard InChI is InChI=1S/C12H10ClN3/c13-11-10(8-4-2-1-3-5-8)6-9(7-14)12(15)16-11/h1-7,14H,(H2,15,16). The molecule has 1 aromatic carbocycles. The molecule has 1 aromatic heterocycles. The van der Waals surface area contributed by atoms with Crippen LogP contribution in [0.1, 0.15) is 5.56 Å². The number of hydrogen-bond acceptors (Lipinski definition) is 3. The summed E-state index contributed by atoms with van der Waals surface area (Å²) in [5, 5.41) is 7.58. The predicted molar refractivity (Wildman–Crippen MR) is 67.0 cm³/mol. The SMILES string of the molecule is N=Cc1cc(-c2ccccc2)c(Cl)nc1N. The summed E-state index contributed by atoms with van der Waals surface area (Å²) in [4.78, 5) is 4.01. The Labute approximate surface area is 98.4 Å². The number of pyridine rings is 1. The van der Waals surface area contributed by atoms with Crippen LogP contribution in [0, 0.1) is 5.41 Å². The van der Waals surface area contributed by atoms with Crippen molar-refractivity contribution >= 4 is 23.6 Å². The first kappa shape index (κ1) is 10.6. The molecule has 80 valence electrons. The topological polar surface area (TPSA) is 62.8 Å². The van der Waals surface area contributed by atoms with Gasteiger partial charge < -0.3 is 11.1 Å². The van der Waals surface area contributed by atoms with E-state index in [1.54, 1.807) is 6.07 Å². The van der Waals surface area contributed by atoms with E-state index in [0.717, 1.165) is 11.1 Å². The molecule has 0 saturated carbocycles. The number of nitrogens with zero attached hydrogens (tertiary/aromatic N) is 1. The summed E-state index contributed by atoms with van der Waals surface area (Å²) >= 11 is 6.03. The molecular weight excluding hydrogens is 222 g/mol. The number of hydrogen-bond donors (Lipinski definition) is 2. The molecule has 1 heterocycles. The van der Waals surface area contributed by atoms with Gasteiger partial charge in [0.15, 0.2) is 0 Å². The Hall–Kier alpha value is -1.87. The molecule has 0 unspecified atom stereocenters. The molecule has 0 aliphatic carbocycles. The van der Waals surface area contributed by atoms with Crippen LogP contribution in [-0.2, 0) is 0 Å². The molecule has 2 aromatic rings. The van der Waals surface area contributed by atoms with Gasteiger partial charge in [-0.1, -0.05) is 41.9 Å². The summed E-state index contributed by atoms with van der Waals surface area (Å²) in [6.45, 7) is 0. The lowest BCUT2D eigenvalue weighted by atomic mass is 10.1. The van der Waals surface area contributed by atoms with Crippen LogP contribution >= 0.6 is 11.6 Å². The maximum Gasteiger partial charge on any atom is 0.139 e. The number of anilines is 1. The second kappa shape index (κ2) is 4.33. The first-order valence-electron chi connectivity index (χ1n) is 4.74. The zero-order valence-corrected chi connectivity index (χ0v) is 9.20. The van der Waals surface area contributed by atoms with Crippen LogP contribution in [0.15, 0.2) is 36.4 Å². The second-order valence-corrected chi connectivity index (χ2v) is 3.67. The molecule has 0 aliphatic rings. The molecule has 0 fully saturated rings. The lowest BCUT2D eigenvalue weighted by molar-refractivity contribution is 1.32. The van der Waals surface area contributed by atoms with Crippen molar-refractivity contribution in [3.63, 3.8) is 0 Å². The van der Waals surface area contributed by atoms with Crippen molar-refractivity contribution < 1.29 is 0 Å². The van der Waals surface area contributed by atoms with E-state index in [2.05, 4.69) is 4.98 Å². The minimum Gasteiger partial charge on any atom is -0.383 e. The zero-order valence-electron chi connectivity index (χ0n) is 8.44. The van der Waals surface area contributed by atoms with Crippen LogP contribution in [0.5, 0.6) is 0 Å². The van der Waals surface area contributed by atoms with Crippen molar-refractivity contribution in [3.8, 4) is 11.1 Å². The van der Waals surface area contributed by atoms with E-state index in [9.17, 15) is 0 Å². The summed E-state index contributed by atoms with van der Waals surface area (Å²) in [5.74, 6) is 0.277. The van der Waals surface area contributed by atoms with Crippen LogP contribution in [-0.4, -0.2) is 11.2 Å². The minimum absolute atomic E-state index is 0.277. The summed E-state index contributed by atoms with van der Waals surface area (Å²) in [7, 11) is 0. The van der Waals surface area contributed by atoms with E-state index < -0.39 is 0 Å². The van der Waals surface area contributed by atoms with Gasteiger partial charge in [0.1, 0.15) is 11.0 Å². The quantitative estimate of drug-likeness (QED) is 0.617. The van der Waals surface area contributed by atoms with Gasteiger partial charge in [0.25, 0.3) is 0 Å². The van der Waals surface area contributed by atoms with E-state index in [1.165, 1.54) is 6.21 Å². The Morgan fingerprint density at radius 2 is 1.94 bits per heavy atom. The van der Waals surface area contributed by atoms with Gasteiger partial charge in [-0.2, -0.15) is 0 Å². The summed E-state index contributed by atoms with van der Waals surface area (Å²) in [5.41, 5.74) is 7.95. The van der Waals surface area contributed by atoms with Crippen molar-refractivity contribution in [2.45, 2.75) is 0 Å². The molecule has 16 heavy (non-hydrogen) atoms. The third kappa shape index (κ3) is 1.90. The molecule has 3 nitrogen and oxygen atoms in total. The van der Waals surface area contributed by atoms with E-state index in [0.29, 0.717) is 10.7 Å². The lowest BCUT2D eigenvalue weighted by Gasteiger charge is -2.07. The molecule has 4 heteroatoms. The maximum absolute atomic E-state index is 7.23. The zero-order chi connectivity index (χ0) is 11.5. The van der Waals surface area contributed by atoms with Crippen molar-refractivity contribution in [2.75, 3.05) is 5.73 Å². The maximum atomic E-state index is 7.23. The molecule has 2 rings (SSSR count). The highest BCUT2D eigenvalue weighted by atomic mass is 35.5. The molecule has 0 radical (unpaired) electrons. The van der Waals surface area contributed by atoms with Crippen LogP contribution in [0.25, 0.3) is 11.1 Å². The Morgan fingerprint density at radius 1 is 1.25 bits per heavy atom. The smallest absolute Gasteiger partial charge is 0.139 e. The van der Waals surface area contributed by atoms with Crippen molar-refractivity contribution in [2.24, 2.45) is 0 Å². The number of halogens is 1. The second-order valence-electron chi connectivity index (χ2n) is 3.31. The third-order valence-corrected chi connectivity index (χ3v) is 2.56. The molecule has 0 spiro atoms. The largest absolute Gasteiger partial charge is 0.383 e. The third-order valence-electron chi connectivity index (χ3n) is 2.28.